The summed E-state index contributed by atoms with van der Waals surface area (Å²) in [6.45, 7) is 0. The third-order valence-corrected chi connectivity index (χ3v) is 15.1. The number of pyridine rings is 1. The van der Waals surface area contributed by atoms with Crippen LogP contribution >= 0.6 is 34.9 Å². The van der Waals surface area contributed by atoms with Crippen LogP contribution in [0.3, 0.4) is 0 Å². The highest BCUT2D eigenvalue weighted by atomic mass is 32.2. The molecule has 0 radical (unpaired) electrons. The van der Waals surface area contributed by atoms with Gasteiger partial charge in [0.1, 0.15) is 33.4 Å². The Hall–Kier alpha value is -8.04. The number of nitrogens with zero attached hydrogens (tertiary/aromatic N) is 4. The van der Waals surface area contributed by atoms with Gasteiger partial charge in [0.05, 0.1) is 0 Å². The van der Waals surface area contributed by atoms with E-state index in [0.717, 1.165) is 38.4 Å². The molecule has 0 aliphatic carbocycles. The Kier molecular flexibility index (Phi) is 13.7. The Labute approximate surface area is 423 Å². The molecular weight excluding hydrogens is 945 g/mol. The number of anilines is 1. The van der Waals surface area contributed by atoms with E-state index in [2.05, 4.69) is 52.0 Å². The number of nitrogens with one attached hydrogen (secondary N) is 2. The van der Waals surface area contributed by atoms with Gasteiger partial charge in [-0.1, -0.05) is 205 Å². The van der Waals surface area contributed by atoms with Crippen molar-refractivity contribution in [1.29, 1.82) is 0 Å². The highest BCUT2D eigenvalue weighted by molar-refractivity contribution is 8.02. The Morgan fingerprint density at radius 3 is 1.68 bits per heavy atom. The number of oxime groups is 1. The first kappa shape index (κ1) is 46.7. The molecule has 6 aromatic carbocycles. The van der Waals surface area contributed by atoms with Crippen LogP contribution in [0.15, 0.2) is 245 Å². The number of carboxylic acids is 1. The standard InChI is InChI=1S/C57H44N6O5S3/c64-51(60-49-52(65)63-50(54(66)67)39(37-70-53(49)63)34-36-69-47-33-19-20-35-58-47)48(62-68-57(43-27-13-4-14-28-43,44-29-15-5-16-30-44)45-31-17-6-18-32-45)46-38-71-55(59-46)61-56(40-21-7-1-8-22-40,41-23-9-2-10-24-41)42-25-11-3-12-26-42/h1-36,38,49,53H,37H2,(H,59,61)(H,60,64)(H,66,67)/t49?,53-/m0/s1. The number of aromatic nitrogens is 2. The summed E-state index contributed by atoms with van der Waals surface area (Å²) in [6.07, 6.45) is 3.38. The van der Waals surface area contributed by atoms with Crippen molar-refractivity contribution in [2.75, 3.05) is 11.1 Å². The minimum absolute atomic E-state index is 0.133. The van der Waals surface area contributed by atoms with Crippen molar-refractivity contribution in [2.45, 2.75) is 27.6 Å². The minimum Gasteiger partial charge on any atom is -0.477 e. The molecule has 0 saturated carbocycles. The van der Waals surface area contributed by atoms with Crippen molar-refractivity contribution in [3.8, 4) is 0 Å². The maximum atomic E-state index is 15.1. The van der Waals surface area contributed by atoms with Gasteiger partial charge in [-0.25, -0.2) is 14.8 Å². The van der Waals surface area contributed by atoms with Gasteiger partial charge in [0.15, 0.2) is 10.8 Å². The van der Waals surface area contributed by atoms with Gasteiger partial charge in [-0.15, -0.1) is 23.1 Å². The number of carboxylic acid groups (broad SMARTS) is 1. The van der Waals surface area contributed by atoms with Gasteiger partial charge in [0.25, 0.3) is 11.8 Å². The molecule has 0 bridgehead atoms. The number of thiazole rings is 1. The predicted octanol–water partition coefficient (Wildman–Crippen LogP) is 10.7. The SMILES string of the molecule is O=C(O)C1=C(C=CSc2ccccn2)CS[C@H]2C(NC(=O)C(=NOC(c3ccccc3)(c3ccccc3)c3ccccc3)c3csc(NC(c4ccccc4)(c4ccccc4)c4ccccc4)n3)C(=O)N12. The lowest BCUT2D eigenvalue weighted by molar-refractivity contribution is -0.150. The number of carbonyl (C=O) groups is 3. The zero-order valence-corrected chi connectivity index (χ0v) is 40.3. The van der Waals surface area contributed by atoms with Gasteiger partial charge in [0, 0.05) is 34.0 Å². The van der Waals surface area contributed by atoms with E-state index in [0.29, 0.717) is 10.7 Å². The number of amides is 2. The van der Waals surface area contributed by atoms with E-state index >= 15 is 4.79 Å². The molecule has 3 N–H and O–H groups in total. The average molecular weight is 989 g/mol. The third-order valence-electron chi connectivity index (χ3n) is 12.3. The van der Waals surface area contributed by atoms with Crippen molar-refractivity contribution in [3.05, 3.63) is 274 Å². The third kappa shape index (κ3) is 9.28. The van der Waals surface area contributed by atoms with Crippen molar-refractivity contribution in [3.63, 3.8) is 0 Å². The van der Waals surface area contributed by atoms with Crippen LogP contribution in [0.5, 0.6) is 0 Å². The maximum absolute atomic E-state index is 15.1. The van der Waals surface area contributed by atoms with E-state index in [1.165, 1.54) is 39.8 Å². The molecule has 8 aromatic rings. The first-order valence-electron chi connectivity index (χ1n) is 22.7. The normalized spacial score (nSPS) is 16.0. The van der Waals surface area contributed by atoms with Gasteiger partial charge >= 0.3 is 5.97 Å². The van der Waals surface area contributed by atoms with Gasteiger partial charge in [-0.3, -0.25) is 14.5 Å². The van der Waals surface area contributed by atoms with Crippen LogP contribution in [0.1, 0.15) is 39.1 Å². The summed E-state index contributed by atoms with van der Waals surface area (Å²) >= 11 is 3.99. The fraction of sp³-hybridized carbons (Fsp3) is 0.0877. The molecular formula is C57H44N6O5S3. The van der Waals surface area contributed by atoms with E-state index in [4.69, 9.17) is 15.0 Å². The molecule has 11 nitrogen and oxygen atoms in total. The molecule has 71 heavy (non-hydrogen) atoms. The summed E-state index contributed by atoms with van der Waals surface area (Å²) in [5.41, 5.74) is 3.16. The van der Waals surface area contributed by atoms with E-state index in [1.54, 1.807) is 23.1 Å². The van der Waals surface area contributed by atoms with E-state index in [9.17, 15) is 14.7 Å². The molecule has 1 unspecified atom stereocenters. The number of benzene rings is 6. The quantitative estimate of drug-likeness (QED) is 0.0265. The molecule has 2 aliphatic rings. The van der Waals surface area contributed by atoms with Gasteiger partial charge in [-0.2, -0.15) is 0 Å². The largest absolute Gasteiger partial charge is 0.477 e. The molecule has 10 rings (SSSR count). The van der Waals surface area contributed by atoms with Gasteiger partial charge < -0.3 is 20.6 Å². The number of rotatable bonds is 17. The molecule has 2 aromatic heterocycles. The number of thioether (sulfide) groups is 2. The lowest BCUT2D eigenvalue weighted by atomic mass is 9.77. The Balaban J connectivity index is 1.05. The number of hydrogen-bond acceptors (Lipinski definition) is 11. The zero-order chi connectivity index (χ0) is 48.6. The first-order chi connectivity index (χ1) is 34.9. The zero-order valence-electron chi connectivity index (χ0n) is 37.8. The number of carbonyl (C=O) groups excluding carboxylic acids is 2. The number of allylic oxidation sites excluding steroid dienone is 1. The molecule has 2 amide bonds. The van der Waals surface area contributed by atoms with Crippen LogP contribution in [0.2, 0.25) is 0 Å². The first-order valence-corrected chi connectivity index (χ1v) is 25.5. The average Bonchev–Trinajstić information content (AvgIpc) is 3.90. The topological polar surface area (TPSA) is 146 Å². The van der Waals surface area contributed by atoms with Crippen molar-refractivity contribution in [1.82, 2.24) is 20.2 Å². The Morgan fingerprint density at radius 2 is 1.20 bits per heavy atom. The number of aliphatic carboxylic acids is 1. The summed E-state index contributed by atoms with van der Waals surface area (Å²) in [5, 5.41) is 26.0. The Bertz CT molecular complexity index is 3040. The molecule has 1 fully saturated rings. The summed E-state index contributed by atoms with van der Waals surface area (Å²) in [6, 6.07) is 63.8. The smallest absolute Gasteiger partial charge is 0.352 e. The number of hydrogen-bond donors (Lipinski definition) is 3. The van der Waals surface area contributed by atoms with Crippen molar-refractivity contribution >= 4 is 63.5 Å². The molecule has 350 valence electrons. The molecule has 2 atom stereocenters. The van der Waals surface area contributed by atoms with E-state index < -0.39 is 40.3 Å². The van der Waals surface area contributed by atoms with E-state index in [1.807, 2.05) is 164 Å². The summed E-state index contributed by atoms with van der Waals surface area (Å²) < 4.78 is 0. The second-order valence-electron chi connectivity index (χ2n) is 16.4. The van der Waals surface area contributed by atoms with Gasteiger partial charge in [0.2, 0.25) is 5.60 Å². The minimum atomic E-state index is -1.36. The fourth-order valence-electron chi connectivity index (χ4n) is 8.96. The number of β-lactam (4-membered cyclic amide) rings is 1. The molecule has 2 aliphatic heterocycles. The molecule has 0 spiro atoms. The second-order valence-corrected chi connectivity index (χ2v) is 19.3. The van der Waals surface area contributed by atoms with Crippen molar-refractivity contribution in [2.24, 2.45) is 5.16 Å². The lowest BCUT2D eigenvalue weighted by Crippen LogP contribution is -2.71. The van der Waals surface area contributed by atoms with Gasteiger partial charge in [-0.05, 0) is 45.9 Å². The predicted molar refractivity (Wildman–Crippen MR) is 281 cm³/mol. The summed E-state index contributed by atoms with van der Waals surface area (Å²) in [7, 11) is 0. The lowest BCUT2D eigenvalue weighted by Gasteiger charge is -2.49. The summed E-state index contributed by atoms with van der Waals surface area (Å²) in [4.78, 5) is 59.6. The highest BCUT2D eigenvalue weighted by Crippen LogP contribution is 2.44. The number of fused-ring (bicyclic) bond motifs is 1. The van der Waals surface area contributed by atoms with Crippen LogP contribution < -0.4 is 10.6 Å². The van der Waals surface area contributed by atoms with Crippen LogP contribution in [-0.2, 0) is 30.4 Å². The maximum Gasteiger partial charge on any atom is 0.352 e. The second kappa shape index (κ2) is 20.9. The Morgan fingerprint density at radius 1 is 0.704 bits per heavy atom. The highest BCUT2D eigenvalue weighted by Gasteiger charge is 2.54. The van der Waals surface area contributed by atoms with Crippen LogP contribution in [0, 0.1) is 0 Å². The molecule has 4 heterocycles. The van der Waals surface area contributed by atoms with Crippen LogP contribution in [0.4, 0.5) is 5.13 Å². The van der Waals surface area contributed by atoms with E-state index in [-0.39, 0.29) is 22.9 Å². The molecule has 1 saturated heterocycles. The van der Waals surface area contributed by atoms with Crippen LogP contribution in [-0.4, -0.2) is 60.6 Å². The molecule has 14 heteroatoms. The monoisotopic (exact) mass is 988 g/mol. The summed E-state index contributed by atoms with van der Waals surface area (Å²) in [5.74, 6) is -2.26. The fourth-order valence-corrected chi connectivity index (χ4v) is 11.7. The van der Waals surface area contributed by atoms with Crippen LogP contribution in [0.25, 0.3) is 0 Å². The van der Waals surface area contributed by atoms with Crippen molar-refractivity contribution < 1.29 is 24.3 Å².